The van der Waals surface area contributed by atoms with E-state index < -0.39 is 0 Å². The summed E-state index contributed by atoms with van der Waals surface area (Å²) in [5.41, 5.74) is 1.44. The highest BCUT2D eigenvalue weighted by molar-refractivity contribution is 5.26. The number of hydrogen-bond donors (Lipinski definition) is 2. The van der Waals surface area contributed by atoms with Gasteiger partial charge in [-0.15, -0.1) is 0 Å². The molecular weight excluding hydrogens is 296 g/mol. The minimum atomic E-state index is 0.744. The van der Waals surface area contributed by atoms with Gasteiger partial charge in [-0.3, -0.25) is 0 Å². The van der Waals surface area contributed by atoms with Gasteiger partial charge in [-0.1, -0.05) is 13.8 Å². The van der Waals surface area contributed by atoms with E-state index in [9.17, 15) is 0 Å². The van der Waals surface area contributed by atoms with Gasteiger partial charge in [0.05, 0.1) is 38.8 Å². The lowest BCUT2D eigenvalue weighted by Crippen LogP contribution is -3.21. The predicted molar refractivity (Wildman–Crippen MR) is 98.7 cm³/mol. The first kappa shape index (κ1) is 17.8. The second-order valence-electron chi connectivity index (χ2n) is 8.29. The summed E-state index contributed by atoms with van der Waals surface area (Å²) in [5, 5.41) is 0. The Labute approximate surface area is 148 Å². The minimum absolute atomic E-state index is 0.744. The Morgan fingerprint density at radius 3 is 2.21 bits per heavy atom. The third-order valence-electron chi connectivity index (χ3n) is 5.98. The Kier molecular flexibility index (Phi) is 6.18. The number of piperidine rings is 2. The Hall–Kier alpha value is -1.06. The van der Waals surface area contributed by atoms with Crippen LogP contribution in [0.1, 0.15) is 45.6 Å². The van der Waals surface area contributed by atoms with Gasteiger partial charge in [0.15, 0.2) is 0 Å². The molecule has 2 fully saturated rings. The van der Waals surface area contributed by atoms with Crippen LogP contribution in [0.25, 0.3) is 0 Å². The fraction of sp³-hybridized carbons (Fsp3) is 0.714. The van der Waals surface area contributed by atoms with Crippen molar-refractivity contribution in [1.29, 1.82) is 0 Å². The van der Waals surface area contributed by atoms with Gasteiger partial charge in [0.2, 0.25) is 0 Å². The van der Waals surface area contributed by atoms with Gasteiger partial charge in [-0.05, 0) is 37.6 Å². The van der Waals surface area contributed by atoms with Crippen LogP contribution in [0.4, 0.5) is 0 Å². The van der Waals surface area contributed by atoms with Gasteiger partial charge >= 0.3 is 0 Å². The molecule has 1 aromatic carbocycles. The molecule has 1 aromatic rings. The van der Waals surface area contributed by atoms with Crippen LogP contribution in [0.2, 0.25) is 0 Å². The Balaban J connectivity index is 1.46. The lowest BCUT2D eigenvalue weighted by Gasteiger charge is -2.39. The maximum Gasteiger partial charge on any atom is 0.119 e. The molecule has 0 radical (unpaired) electrons. The SMILES string of the molecule is CCOc1ccc(C[NH+]2CCC([NH+]3C[C@H](C)C[C@@H](C)C3)CC2)cc1. The summed E-state index contributed by atoms with van der Waals surface area (Å²) in [5.74, 6) is 2.82. The van der Waals surface area contributed by atoms with Gasteiger partial charge in [0.25, 0.3) is 0 Å². The second-order valence-corrected chi connectivity index (χ2v) is 8.29. The molecular formula is C21H36N2O+2. The van der Waals surface area contributed by atoms with Crippen molar-refractivity contribution in [3.63, 3.8) is 0 Å². The molecule has 0 unspecified atom stereocenters. The Bertz CT molecular complexity index is 483. The summed E-state index contributed by atoms with van der Waals surface area (Å²) in [6.45, 7) is 14.3. The van der Waals surface area contributed by atoms with E-state index in [1.54, 1.807) is 4.90 Å². The zero-order valence-electron chi connectivity index (χ0n) is 15.8. The van der Waals surface area contributed by atoms with E-state index in [0.29, 0.717) is 0 Å². The zero-order chi connectivity index (χ0) is 16.9. The minimum Gasteiger partial charge on any atom is -0.494 e. The molecule has 3 rings (SSSR count). The number of rotatable bonds is 5. The second kappa shape index (κ2) is 8.35. The predicted octanol–water partition coefficient (Wildman–Crippen LogP) is 1.19. The molecule has 0 amide bonds. The number of likely N-dealkylation sites (tertiary alicyclic amines) is 2. The van der Waals surface area contributed by atoms with Crippen LogP contribution in [-0.2, 0) is 6.54 Å². The van der Waals surface area contributed by atoms with Gasteiger partial charge in [0.1, 0.15) is 12.3 Å². The molecule has 3 heteroatoms. The summed E-state index contributed by atoms with van der Waals surface area (Å²) in [6.07, 6.45) is 4.24. The molecule has 2 atom stereocenters. The van der Waals surface area contributed by atoms with E-state index in [1.807, 2.05) is 11.8 Å². The normalized spacial score (nSPS) is 34.0. The molecule has 0 aromatic heterocycles. The standard InChI is InChI=1S/C21H34N2O/c1-4-24-21-7-5-19(6-8-21)16-22-11-9-20(10-12-22)23-14-17(2)13-18(3)15-23/h5-8,17-18,20H,4,9-16H2,1-3H3/p+2/t17-,18-/m1/s1. The van der Waals surface area contributed by atoms with E-state index in [4.69, 9.17) is 4.74 Å². The van der Waals surface area contributed by atoms with Gasteiger partial charge in [-0.25, -0.2) is 0 Å². The van der Waals surface area contributed by atoms with E-state index >= 15 is 0 Å². The third kappa shape index (κ3) is 4.73. The fourth-order valence-electron chi connectivity index (χ4n) is 4.94. The number of benzene rings is 1. The highest BCUT2D eigenvalue weighted by Crippen LogP contribution is 2.14. The Morgan fingerprint density at radius 1 is 1.00 bits per heavy atom. The summed E-state index contributed by atoms with van der Waals surface area (Å²) >= 11 is 0. The molecule has 0 saturated carbocycles. The summed E-state index contributed by atoms with van der Waals surface area (Å²) in [7, 11) is 0. The van der Waals surface area contributed by atoms with Crippen molar-refractivity contribution in [2.24, 2.45) is 11.8 Å². The third-order valence-corrected chi connectivity index (χ3v) is 5.98. The molecule has 2 N–H and O–H groups in total. The number of quaternary nitrogens is 2. The zero-order valence-corrected chi connectivity index (χ0v) is 15.8. The maximum atomic E-state index is 5.54. The lowest BCUT2D eigenvalue weighted by molar-refractivity contribution is -0.969. The Morgan fingerprint density at radius 2 is 1.62 bits per heavy atom. The van der Waals surface area contributed by atoms with Crippen molar-refractivity contribution in [3.8, 4) is 5.75 Å². The van der Waals surface area contributed by atoms with Crippen LogP contribution < -0.4 is 14.5 Å². The topological polar surface area (TPSA) is 18.1 Å². The van der Waals surface area contributed by atoms with E-state index in [2.05, 4.69) is 38.1 Å². The first-order chi connectivity index (χ1) is 11.6. The number of hydrogen-bond acceptors (Lipinski definition) is 1. The number of nitrogens with one attached hydrogen (secondary N) is 2. The van der Waals surface area contributed by atoms with E-state index in [-0.39, 0.29) is 0 Å². The van der Waals surface area contributed by atoms with E-state index in [1.165, 1.54) is 57.5 Å². The van der Waals surface area contributed by atoms with Gasteiger partial charge < -0.3 is 14.5 Å². The van der Waals surface area contributed by atoms with Crippen molar-refractivity contribution in [2.45, 2.75) is 52.6 Å². The number of ether oxygens (including phenoxy) is 1. The van der Waals surface area contributed by atoms with Crippen molar-refractivity contribution in [2.75, 3.05) is 32.8 Å². The van der Waals surface area contributed by atoms with Crippen molar-refractivity contribution in [1.82, 2.24) is 0 Å². The first-order valence-corrected chi connectivity index (χ1v) is 10.0. The first-order valence-electron chi connectivity index (χ1n) is 10.0. The van der Waals surface area contributed by atoms with Crippen LogP contribution >= 0.6 is 0 Å². The molecule has 2 saturated heterocycles. The van der Waals surface area contributed by atoms with Crippen LogP contribution in [0.5, 0.6) is 5.75 Å². The van der Waals surface area contributed by atoms with Crippen molar-refractivity contribution in [3.05, 3.63) is 29.8 Å². The highest BCUT2D eigenvalue weighted by atomic mass is 16.5. The average molecular weight is 333 g/mol. The monoisotopic (exact) mass is 332 g/mol. The van der Waals surface area contributed by atoms with Gasteiger partial charge in [-0.2, -0.15) is 0 Å². The highest BCUT2D eigenvalue weighted by Gasteiger charge is 2.34. The summed E-state index contributed by atoms with van der Waals surface area (Å²) in [6, 6.07) is 9.63. The van der Waals surface area contributed by atoms with Crippen LogP contribution in [0.3, 0.4) is 0 Å². The lowest BCUT2D eigenvalue weighted by atomic mass is 9.89. The van der Waals surface area contributed by atoms with Crippen LogP contribution in [0.15, 0.2) is 24.3 Å². The smallest absolute Gasteiger partial charge is 0.119 e. The fourth-order valence-corrected chi connectivity index (χ4v) is 4.94. The van der Waals surface area contributed by atoms with Crippen LogP contribution in [-0.4, -0.2) is 38.8 Å². The molecule has 2 aliphatic heterocycles. The molecule has 0 aliphatic carbocycles. The molecule has 0 bridgehead atoms. The van der Waals surface area contributed by atoms with Crippen molar-refractivity contribution < 1.29 is 14.5 Å². The molecule has 2 heterocycles. The summed E-state index contributed by atoms with van der Waals surface area (Å²) < 4.78 is 5.54. The van der Waals surface area contributed by atoms with Crippen LogP contribution in [0, 0.1) is 11.8 Å². The largest absolute Gasteiger partial charge is 0.494 e. The molecule has 0 spiro atoms. The molecule has 24 heavy (non-hydrogen) atoms. The molecule has 3 nitrogen and oxygen atoms in total. The molecule has 134 valence electrons. The maximum absolute atomic E-state index is 5.54. The summed E-state index contributed by atoms with van der Waals surface area (Å²) in [4.78, 5) is 3.66. The van der Waals surface area contributed by atoms with Gasteiger partial charge in [0, 0.05) is 30.2 Å². The van der Waals surface area contributed by atoms with E-state index in [0.717, 1.165) is 30.2 Å². The molecule has 2 aliphatic rings. The average Bonchev–Trinajstić information content (AvgIpc) is 2.57. The van der Waals surface area contributed by atoms with Crippen molar-refractivity contribution >= 4 is 0 Å². The quantitative estimate of drug-likeness (QED) is 0.829.